The molecule has 11 heteroatoms. The van der Waals surface area contributed by atoms with Crippen LogP contribution in [0.15, 0.2) is 146 Å². The number of ether oxygens (including phenoxy) is 4. The fraction of sp³-hybridized carbons (Fsp3) is 0.176. The summed E-state index contributed by atoms with van der Waals surface area (Å²) in [6.45, 7) is 2.52. The van der Waals surface area contributed by atoms with Crippen molar-refractivity contribution in [2.75, 3.05) is 34.5 Å². The molecular formula is C51H46Cl2N2O7. The Kier molecular flexibility index (Phi) is 14.3. The van der Waals surface area contributed by atoms with E-state index in [0.717, 1.165) is 67.5 Å². The zero-order valence-corrected chi connectivity index (χ0v) is 36.2. The van der Waals surface area contributed by atoms with Crippen molar-refractivity contribution >= 4 is 56.9 Å². The molecule has 2 heterocycles. The number of hydrogen-bond donors (Lipinski definition) is 1. The van der Waals surface area contributed by atoms with Gasteiger partial charge in [-0.2, -0.15) is 0 Å². The second-order valence-corrected chi connectivity index (χ2v) is 15.6. The fourth-order valence-corrected chi connectivity index (χ4v) is 7.81. The zero-order valence-electron chi connectivity index (χ0n) is 34.6. The van der Waals surface area contributed by atoms with Gasteiger partial charge in [0.2, 0.25) is 0 Å². The lowest BCUT2D eigenvalue weighted by atomic mass is 9.99. The summed E-state index contributed by atoms with van der Waals surface area (Å²) in [5.74, 6) is 0.340. The minimum Gasteiger partial charge on any atom is -0.508 e. The van der Waals surface area contributed by atoms with Crippen LogP contribution in [0.3, 0.4) is 0 Å². The number of carbonyl (C=O) groups excluding carboxylic acids is 2. The first kappa shape index (κ1) is 43.6. The quantitative estimate of drug-likeness (QED) is 0.0858. The molecule has 9 nitrogen and oxygen atoms in total. The maximum Gasteiger partial charge on any atom is 0.338 e. The topological polar surface area (TPSA) is 101 Å². The monoisotopic (exact) mass is 868 g/mol. The summed E-state index contributed by atoms with van der Waals surface area (Å²) >= 11 is 12.1. The minimum atomic E-state index is -0.388. The largest absolute Gasteiger partial charge is 0.508 e. The van der Waals surface area contributed by atoms with Crippen LogP contribution in [0.1, 0.15) is 54.1 Å². The van der Waals surface area contributed by atoms with Crippen molar-refractivity contribution in [2.24, 2.45) is 0 Å². The molecule has 0 aliphatic heterocycles. The van der Waals surface area contributed by atoms with Crippen LogP contribution in [0, 0.1) is 0 Å². The van der Waals surface area contributed by atoms with Crippen LogP contribution < -0.4 is 4.74 Å². The van der Waals surface area contributed by atoms with E-state index in [1.807, 2.05) is 42.6 Å². The second kappa shape index (κ2) is 20.4. The van der Waals surface area contributed by atoms with E-state index in [4.69, 9.17) is 42.1 Å². The van der Waals surface area contributed by atoms with E-state index in [9.17, 15) is 14.7 Å². The maximum atomic E-state index is 12.2. The molecule has 0 radical (unpaired) electrons. The highest BCUT2D eigenvalue weighted by atomic mass is 35.5. The van der Waals surface area contributed by atoms with Gasteiger partial charge in [0.1, 0.15) is 18.1 Å². The summed E-state index contributed by atoms with van der Waals surface area (Å²) < 4.78 is 25.0. The Balaban J connectivity index is 0.000000188. The molecule has 0 saturated carbocycles. The third kappa shape index (κ3) is 10.9. The molecule has 0 aliphatic carbocycles. The van der Waals surface area contributed by atoms with Gasteiger partial charge in [-0.05, 0) is 142 Å². The van der Waals surface area contributed by atoms with Gasteiger partial charge in [-0.1, -0.05) is 71.7 Å². The number of halogens is 2. The highest BCUT2D eigenvalue weighted by Gasteiger charge is 2.15. The number of carbonyl (C=O) groups is 2. The molecule has 2 aromatic heterocycles. The highest BCUT2D eigenvalue weighted by molar-refractivity contribution is 6.31. The standard InChI is InChI=1S/C27H26ClNO4.C24H20ClNO3/c1-31-12-13-33-24-5-3-4-20(16-24)18-29-11-10-22-15-19(6-9-26(22)29)14-21-7-8-23(28)17-25(21)27(30)32-2;1-29-24(28)22-14-20(25)7-6-18(22)11-16-5-8-23-19(12-16)9-10-26(23)15-17-3-2-4-21(27)13-17/h3-11,15-17H,12-14,18H2,1-2H3;2-10,12-14,27H,11,15H2,1H3. The van der Waals surface area contributed by atoms with Crippen LogP contribution in [0.5, 0.6) is 11.5 Å². The van der Waals surface area contributed by atoms with Crippen molar-refractivity contribution in [3.05, 3.63) is 200 Å². The maximum absolute atomic E-state index is 12.2. The molecule has 8 rings (SSSR count). The molecule has 0 spiro atoms. The predicted molar refractivity (Wildman–Crippen MR) is 245 cm³/mol. The number of hydrogen-bond acceptors (Lipinski definition) is 7. The van der Waals surface area contributed by atoms with Crippen LogP contribution in [0.2, 0.25) is 10.0 Å². The number of rotatable bonds is 14. The minimum absolute atomic E-state index is 0.269. The molecular weight excluding hydrogens is 823 g/mol. The first-order chi connectivity index (χ1) is 30.1. The fourth-order valence-electron chi connectivity index (χ4n) is 7.47. The average Bonchev–Trinajstić information content (AvgIpc) is 3.87. The molecule has 0 bridgehead atoms. The third-order valence-corrected chi connectivity index (χ3v) is 11.0. The van der Waals surface area contributed by atoms with E-state index in [0.29, 0.717) is 53.8 Å². The number of aromatic nitrogens is 2. The normalized spacial score (nSPS) is 11.0. The SMILES string of the molecule is COC(=O)c1cc(Cl)ccc1Cc1ccc2c(ccn2Cc2cccc(O)c2)c1.COCCOc1cccc(Cn2ccc3cc(Cc4ccc(Cl)cc4C(=O)OC)ccc32)c1. The molecule has 0 amide bonds. The summed E-state index contributed by atoms with van der Waals surface area (Å²) in [7, 11) is 4.41. The molecule has 0 fully saturated rings. The molecule has 1 N–H and O–H groups in total. The lowest BCUT2D eigenvalue weighted by Gasteiger charge is -2.11. The van der Waals surface area contributed by atoms with Gasteiger partial charge in [-0.15, -0.1) is 0 Å². The molecule has 62 heavy (non-hydrogen) atoms. The number of fused-ring (bicyclic) bond motifs is 2. The van der Waals surface area contributed by atoms with Gasteiger partial charge < -0.3 is 33.2 Å². The van der Waals surface area contributed by atoms with Crippen molar-refractivity contribution in [1.82, 2.24) is 9.13 Å². The first-order valence-electron chi connectivity index (χ1n) is 20.0. The van der Waals surface area contributed by atoms with E-state index >= 15 is 0 Å². The molecule has 8 aromatic rings. The number of phenolic OH excluding ortho intramolecular Hbond substituents is 1. The van der Waals surface area contributed by atoms with Crippen molar-refractivity contribution in [3.63, 3.8) is 0 Å². The predicted octanol–water partition coefficient (Wildman–Crippen LogP) is 11.2. The number of benzene rings is 6. The molecule has 0 saturated heterocycles. The number of aromatic hydroxyl groups is 1. The van der Waals surface area contributed by atoms with Crippen molar-refractivity contribution in [1.29, 1.82) is 0 Å². The van der Waals surface area contributed by atoms with Gasteiger partial charge >= 0.3 is 11.9 Å². The summed E-state index contributed by atoms with van der Waals surface area (Å²) in [4.78, 5) is 24.3. The molecule has 0 unspecified atom stereocenters. The average molecular weight is 870 g/mol. The Labute approximate surface area is 370 Å². The van der Waals surface area contributed by atoms with Gasteiger partial charge in [0.05, 0.1) is 32.0 Å². The van der Waals surface area contributed by atoms with Crippen molar-refractivity contribution in [2.45, 2.75) is 25.9 Å². The third-order valence-electron chi connectivity index (χ3n) is 10.5. The Morgan fingerprint density at radius 2 is 1.06 bits per heavy atom. The molecule has 6 aromatic carbocycles. The Morgan fingerprint density at radius 3 is 1.56 bits per heavy atom. The van der Waals surface area contributed by atoms with E-state index in [-0.39, 0.29) is 17.7 Å². The van der Waals surface area contributed by atoms with Crippen LogP contribution in [-0.2, 0) is 40.1 Å². The van der Waals surface area contributed by atoms with Crippen molar-refractivity contribution in [3.8, 4) is 11.5 Å². The van der Waals surface area contributed by atoms with Gasteiger partial charge in [-0.3, -0.25) is 0 Å². The highest BCUT2D eigenvalue weighted by Crippen LogP contribution is 2.27. The summed E-state index contributed by atoms with van der Waals surface area (Å²) in [5, 5.41) is 13.0. The van der Waals surface area contributed by atoms with Crippen molar-refractivity contribution < 1.29 is 33.6 Å². The molecule has 316 valence electrons. The van der Waals surface area contributed by atoms with E-state index in [2.05, 4.69) is 76.0 Å². The smallest absolute Gasteiger partial charge is 0.338 e. The number of methoxy groups -OCH3 is 3. The molecule has 0 atom stereocenters. The Bertz CT molecular complexity index is 2850. The van der Waals surface area contributed by atoms with Crippen LogP contribution in [0.4, 0.5) is 0 Å². The van der Waals surface area contributed by atoms with E-state index in [1.165, 1.54) is 14.2 Å². The Hall–Kier alpha value is -6.52. The number of nitrogens with zero attached hydrogens (tertiary/aromatic N) is 2. The summed E-state index contributed by atoms with van der Waals surface area (Å²) in [6, 6.07) is 42.9. The Morgan fingerprint density at radius 1 is 0.548 bits per heavy atom. The number of esters is 2. The van der Waals surface area contributed by atoms with Gasteiger partial charge in [0, 0.05) is 53.7 Å². The van der Waals surface area contributed by atoms with Crippen LogP contribution in [-0.4, -0.2) is 60.7 Å². The van der Waals surface area contributed by atoms with Gasteiger partial charge in [0.25, 0.3) is 0 Å². The van der Waals surface area contributed by atoms with Crippen LogP contribution in [0.25, 0.3) is 21.8 Å². The van der Waals surface area contributed by atoms with E-state index in [1.54, 1.807) is 43.5 Å². The summed E-state index contributed by atoms with van der Waals surface area (Å²) in [5.41, 5.74) is 9.41. The second-order valence-electron chi connectivity index (χ2n) is 14.8. The number of phenols is 1. The van der Waals surface area contributed by atoms with Gasteiger partial charge in [-0.25, -0.2) is 9.59 Å². The van der Waals surface area contributed by atoms with Gasteiger partial charge in [0.15, 0.2) is 0 Å². The van der Waals surface area contributed by atoms with Crippen LogP contribution >= 0.6 is 23.2 Å². The summed E-state index contributed by atoms with van der Waals surface area (Å²) in [6.07, 6.45) is 5.36. The zero-order chi connectivity index (χ0) is 43.6. The lowest BCUT2D eigenvalue weighted by molar-refractivity contribution is 0.0590. The molecule has 0 aliphatic rings. The lowest BCUT2D eigenvalue weighted by Crippen LogP contribution is -2.06. The van der Waals surface area contributed by atoms with E-state index < -0.39 is 0 Å². The first-order valence-corrected chi connectivity index (χ1v) is 20.7.